The van der Waals surface area contributed by atoms with Crippen LogP contribution in [0.5, 0.6) is 0 Å². The average Bonchev–Trinajstić information content (AvgIpc) is 3.15. The third-order valence-corrected chi connectivity index (χ3v) is 4.21. The van der Waals surface area contributed by atoms with Crippen molar-refractivity contribution in [2.75, 3.05) is 19.0 Å². The van der Waals surface area contributed by atoms with Gasteiger partial charge in [-0.2, -0.15) is 14.9 Å². The smallest absolute Gasteiger partial charge is 0.216 e. The fourth-order valence-corrected chi connectivity index (χ4v) is 2.73. The van der Waals surface area contributed by atoms with E-state index in [1.165, 1.54) is 0 Å². The summed E-state index contributed by atoms with van der Waals surface area (Å²) in [5.41, 5.74) is 2.09. The van der Waals surface area contributed by atoms with Crippen LogP contribution in [0.4, 0.5) is 5.69 Å². The van der Waals surface area contributed by atoms with Crippen LogP contribution in [0.1, 0.15) is 4.88 Å². The van der Waals surface area contributed by atoms with Crippen LogP contribution < -0.4 is 4.90 Å². The van der Waals surface area contributed by atoms with Gasteiger partial charge in [0, 0.05) is 30.2 Å². The number of hydrogen-bond acceptors (Lipinski definition) is 5. The molecule has 22 heavy (non-hydrogen) atoms. The Kier molecular flexibility index (Phi) is 4.17. The summed E-state index contributed by atoms with van der Waals surface area (Å²) in [6.45, 7) is 0. The topological polar surface area (TPSA) is 49.2 Å². The fraction of sp³-hybridized carbons (Fsp3) is 0.133. The molecule has 5 nitrogen and oxygen atoms in total. The van der Waals surface area contributed by atoms with Crippen molar-refractivity contribution in [2.45, 2.75) is 0 Å². The number of nitrogens with zero attached hydrogens (tertiary/aromatic N) is 4. The Hall–Kier alpha value is -2.25. The molecule has 0 saturated heterocycles. The van der Waals surface area contributed by atoms with Gasteiger partial charge in [-0.3, -0.25) is 0 Å². The van der Waals surface area contributed by atoms with E-state index >= 15 is 0 Å². The van der Waals surface area contributed by atoms with Crippen molar-refractivity contribution in [1.29, 1.82) is 0 Å². The molecule has 0 saturated carbocycles. The highest BCUT2D eigenvalue weighted by Gasteiger charge is 2.08. The molecule has 0 aliphatic heterocycles. The van der Waals surface area contributed by atoms with Crippen molar-refractivity contribution in [3.8, 4) is 11.4 Å². The van der Waals surface area contributed by atoms with Gasteiger partial charge in [0.25, 0.3) is 0 Å². The minimum absolute atomic E-state index is 0.472. The van der Waals surface area contributed by atoms with E-state index in [0.717, 1.165) is 16.1 Å². The Morgan fingerprint density at radius 1 is 1.27 bits per heavy atom. The highest BCUT2D eigenvalue weighted by atomic mass is 32.1. The van der Waals surface area contributed by atoms with Gasteiger partial charge in [0.1, 0.15) is 0 Å². The van der Waals surface area contributed by atoms with E-state index in [1.54, 1.807) is 22.2 Å². The number of thiophene rings is 1. The lowest BCUT2D eigenvalue weighted by Gasteiger charge is -2.12. The van der Waals surface area contributed by atoms with E-state index in [2.05, 4.69) is 20.2 Å². The van der Waals surface area contributed by atoms with Gasteiger partial charge in [-0.15, -0.1) is 11.3 Å². The zero-order chi connectivity index (χ0) is 15.5. The van der Waals surface area contributed by atoms with Gasteiger partial charge in [-0.05, 0) is 47.9 Å². The molecule has 0 unspecified atom stereocenters. The highest BCUT2D eigenvalue weighted by molar-refractivity contribution is 7.71. The van der Waals surface area contributed by atoms with Crippen LogP contribution in [0.15, 0.2) is 46.9 Å². The van der Waals surface area contributed by atoms with Crippen molar-refractivity contribution in [3.05, 3.63) is 51.4 Å². The second-order valence-corrected chi connectivity index (χ2v) is 6.23. The predicted octanol–water partition coefficient (Wildman–Crippen LogP) is 3.62. The minimum atomic E-state index is 0.472. The third kappa shape index (κ3) is 3.00. The first-order chi connectivity index (χ1) is 10.6. The molecule has 0 amide bonds. The summed E-state index contributed by atoms with van der Waals surface area (Å²) in [7, 11) is 4.02. The van der Waals surface area contributed by atoms with Gasteiger partial charge in [0.2, 0.25) is 4.77 Å². The predicted molar refractivity (Wildman–Crippen MR) is 94.5 cm³/mol. The second kappa shape index (κ2) is 6.25. The van der Waals surface area contributed by atoms with E-state index < -0.39 is 0 Å². The monoisotopic (exact) mass is 329 g/mol. The normalized spacial score (nSPS) is 11.2. The molecule has 1 aromatic carbocycles. The number of aromatic nitrogens is 3. The van der Waals surface area contributed by atoms with Gasteiger partial charge in [-0.25, -0.2) is 5.10 Å². The summed E-state index contributed by atoms with van der Waals surface area (Å²) >= 11 is 6.89. The molecule has 0 bridgehead atoms. The molecule has 0 fully saturated rings. The Labute approximate surface area is 137 Å². The van der Waals surface area contributed by atoms with Crippen molar-refractivity contribution in [3.63, 3.8) is 0 Å². The lowest BCUT2D eigenvalue weighted by atomic mass is 10.2. The molecule has 3 rings (SSSR count). The van der Waals surface area contributed by atoms with Gasteiger partial charge < -0.3 is 4.90 Å². The summed E-state index contributed by atoms with van der Waals surface area (Å²) in [5, 5.41) is 13.5. The molecule has 0 aliphatic rings. The van der Waals surface area contributed by atoms with Crippen molar-refractivity contribution in [1.82, 2.24) is 14.9 Å². The first-order valence-corrected chi connectivity index (χ1v) is 7.97. The summed E-state index contributed by atoms with van der Waals surface area (Å²) in [4.78, 5) is 3.12. The SMILES string of the molecule is CN(C)c1ccc(-c2n[nH]c(=S)n2N=Cc2cccs2)cc1. The zero-order valence-corrected chi connectivity index (χ0v) is 13.9. The summed E-state index contributed by atoms with van der Waals surface area (Å²) in [6.07, 6.45) is 1.79. The molecule has 1 N–H and O–H groups in total. The summed E-state index contributed by atoms with van der Waals surface area (Å²) in [6, 6.07) is 12.1. The van der Waals surface area contributed by atoms with Gasteiger partial charge in [-0.1, -0.05) is 6.07 Å². The molecule has 7 heteroatoms. The summed E-state index contributed by atoms with van der Waals surface area (Å²) in [5.74, 6) is 0.697. The first-order valence-electron chi connectivity index (χ1n) is 6.68. The number of anilines is 1. The molecule has 0 spiro atoms. The second-order valence-electron chi connectivity index (χ2n) is 4.87. The molecule has 0 radical (unpaired) electrons. The van der Waals surface area contributed by atoms with Crippen molar-refractivity contribution >= 4 is 35.5 Å². The van der Waals surface area contributed by atoms with Gasteiger partial charge >= 0.3 is 0 Å². The van der Waals surface area contributed by atoms with Crippen molar-refractivity contribution in [2.24, 2.45) is 5.10 Å². The molecular weight excluding hydrogens is 314 g/mol. The average molecular weight is 329 g/mol. The quantitative estimate of drug-likeness (QED) is 0.587. The van der Waals surface area contributed by atoms with Crippen LogP contribution in [-0.4, -0.2) is 35.2 Å². The van der Waals surface area contributed by atoms with Gasteiger partial charge in [0.15, 0.2) is 5.82 Å². The minimum Gasteiger partial charge on any atom is -0.378 e. The standard InChI is InChI=1S/C15H15N5S2/c1-19(2)12-7-5-11(6-8-12)14-17-18-15(21)20(14)16-10-13-4-3-9-22-13/h3-10H,1-2H3,(H,18,21). The molecule has 2 heterocycles. The Bertz CT molecular complexity index is 826. The fourth-order valence-electron chi connectivity index (χ4n) is 1.97. The Balaban J connectivity index is 1.96. The molecular formula is C15H15N5S2. The van der Waals surface area contributed by atoms with E-state index in [9.17, 15) is 0 Å². The maximum atomic E-state index is 5.26. The maximum Gasteiger partial charge on any atom is 0.216 e. The van der Waals surface area contributed by atoms with E-state index in [4.69, 9.17) is 12.2 Å². The number of rotatable bonds is 4. The molecule has 0 atom stereocenters. The Morgan fingerprint density at radius 3 is 2.68 bits per heavy atom. The zero-order valence-electron chi connectivity index (χ0n) is 12.2. The molecule has 3 aromatic rings. The lowest BCUT2D eigenvalue weighted by Crippen LogP contribution is -2.08. The number of H-pyrrole nitrogens is 1. The number of benzene rings is 1. The van der Waals surface area contributed by atoms with Crippen LogP contribution >= 0.6 is 23.6 Å². The number of hydrogen-bond donors (Lipinski definition) is 1. The van der Waals surface area contributed by atoms with E-state index in [1.807, 2.05) is 55.9 Å². The van der Waals surface area contributed by atoms with E-state index in [-0.39, 0.29) is 0 Å². The highest BCUT2D eigenvalue weighted by Crippen LogP contribution is 2.21. The Morgan fingerprint density at radius 2 is 2.05 bits per heavy atom. The van der Waals surface area contributed by atoms with Crippen molar-refractivity contribution < 1.29 is 0 Å². The number of aromatic amines is 1. The van der Waals surface area contributed by atoms with Crippen LogP contribution in [0.3, 0.4) is 0 Å². The number of nitrogens with one attached hydrogen (secondary N) is 1. The lowest BCUT2D eigenvalue weighted by molar-refractivity contribution is 0.872. The molecule has 0 aliphatic carbocycles. The van der Waals surface area contributed by atoms with Crippen LogP contribution in [0.2, 0.25) is 0 Å². The molecule has 112 valence electrons. The van der Waals surface area contributed by atoms with Gasteiger partial charge in [0.05, 0.1) is 6.21 Å². The largest absolute Gasteiger partial charge is 0.378 e. The van der Waals surface area contributed by atoms with Crippen LogP contribution in [-0.2, 0) is 0 Å². The molecule has 2 aromatic heterocycles. The van der Waals surface area contributed by atoms with Crippen LogP contribution in [0.25, 0.3) is 11.4 Å². The summed E-state index contributed by atoms with van der Waals surface area (Å²) < 4.78 is 2.11. The third-order valence-electron chi connectivity index (χ3n) is 3.14. The maximum absolute atomic E-state index is 5.26. The van der Waals surface area contributed by atoms with E-state index in [0.29, 0.717) is 10.6 Å². The first kappa shape index (κ1) is 14.7. The van der Waals surface area contributed by atoms with Crippen LogP contribution in [0, 0.1) is 4.77 Å².